The van der Waals surface area contributed by atoms with Gasteiger partial charge in [0.1, 0.15) is 0 Å². The van der Waals surface area contributed by atoms with Crippen LogP contribution in [0.2, 0.25) is 0 Å². The summed E-state index contributed by atoms with van der Waals surface area (Å²) in [5, 5.41) is 1.31. The highest BCUT2D eigenvalue weighted by Gasteiger charge is 2.34. The Morgan fingerprint density at radius 1 is 1.24 bits per heavy atom. The fourth-order valence-electron chi connectivity index (χ4n) is 2.86. The third kappa shape index (κ3) is 1.66. The second-order valence-corrected chi connectivity index (χ2v) is 4.84. The summed E-state index contributed by atoms with van der Waals surface area (Å²) in [7, 11) is 0. The first kappa shape index (κ1) is 10.8. The van der Waals surface area contributed by atoms with Gasteiger partial charge in [0.05, 0.1) is 0 Å². The number of ether oxygens (including phenoxy) is 1. The normalized spacial score (nSPS) is 19.6. The lowest BCUT2D eigenvalue weighted by Crippen LogP contribution is -2.40. The Hall–Kier alpha value is -1.32. The van der Waals surface area contributed by atoms with Gasteiger partial charge in [0.2, 0.25) is 0 Å². The quantitative estimate of drug-likeness (QED) is 0.830. The van der Waals surface area contributed by atoms with Gasteiger partial charge < -0.3 is 15.5 Å². The number of aromatic amines is 1. The van der Waals surface area contributed by atoms with Gasteiger partial charge in [0, 0.05) is 42.3 Å². The summed E-state index contributed by atoms with van der Waals surface area (Å²) in [4.78, 5) is 3.35. The van der Waals surface area contributed by atoms with Crippen molar-refractivity contribution in [2.45, 2.75) is 18.3 Å². The molecule has 2 heterocycles. The maximum atomic E-state index is 6.05. The van der Waals surface area contributed by atoms with E-state index in [2.05, 4.69) is 35.4 Å². The molecule has 3 N–H and O–H groups in total. The molecule has 17 heavy (non-hydrogen) atoms. The number of rotatable bonds is 2. The van der Waals surface area contributed by atoms with Crippen molar-refractivity contribution >= 4 is 10.9 Å². The van der Waals surface area contributed by atoms with Crippen LogP contribution >= 0.6 is 0 Å². The van der Waals surface area contributed by atoms with E-state index in [-0.39, 0.29) is 5.41 Å². The van der Waals surface area contributed by atoms with E-state index in [0.29, 0.717) is 6.54 Å². The van der Waals surface area contributed by atoms with Crippen molar-refractivity contribution in [1.29, 1.82) is 0 Å². The zero-order valence-corrected chi connectivity index (χ0v) is 9.91. The lowest BCUT2D eigenvalue weighted by atomic mass is 9.74. The van der Waals surface area contributed by atoms with Crippen LogP contribution in [0, 0.1) is 0 Å². The third-order valence-electron chi connectivity index (χ3n) is 4.00. The predicted octanol–water partition coefficient (Wildman–Crippen LogP) is 2.17. The van der Waals surface area contributed by atoms with Gasteiger partial charge in [-0.1, -0.05) is 18.2 Å². The number of nitrogens with two attached hydrogens (primary N) is 1. The molecule has 0 aliphatic carbocycles. The van der Waals surface area contributed by atoms with Crippen LogP contribution in [-0.2, 0) is 10.2 Å². The fraction of sp³-hybridized carbons (Fsp3) is 0.429. The van der Waals surface area contributed by atoms with E-state index >= 15 is 0 Å². The van der Waals surface area contributed by atoms with E-state index in [1.54, 1.807) is 0 Å². The molecule has 0 atom stereocenters. The largest absolute Gasteiger partial charge is 0.381 e. The lowest BCUT2D eigenvalue weighted by Gasteiger charge is -2.36. The first-order valence-electron chi connectivity index (χ1n) is 6.20. The highest BCUT2D eigenvalue weighted by Crippen LogP contribution is 2.37. The molecule has 1 aromatic heterocycles. The van der Waals surface area contributed by atoms with E-state index in [4.69, 9.17) is 10.5 Å². The number of hydrogen-bond donors (Lipinski definition) is 2. The van der Waals surface area contributed by atoms with E-state index in [1.165, 1.54) is 16.5 Å². The van der Waals surface area contributed by atoms with Gasteiger partial charge in [-0.25, -0.2) is 0 Å². The Morgan fingerprint density at radius 2 is 2.00 bits per heavy atom. The van der Waals surface area contributed by atoms with Gasteiger partial charge in [-0.3, -0.25) is 0 Å². The van der Waals surface area contributed by atoms with Crippen molar-refractivity contribution in [2.75, 3.05) is 19.8 Å². The first-order valence-corrected chi connectivity index (χ1v) is 6.20. The summed E-state index contributed by atoms with van der Waals surface area (Å²) in [5.74, 6) is 0. The number of H-pyrrole nitrogens is 1. The van der Waals surface area contributed by atoms with Crippen LogP contribution in [-0.4, -0.2) is 24.7 Å². The Morgan fingerprint density at radius 3 is 2.76 bits per heavy atom. The molecule has 0 saturated carbocycles. The third-order valence-corrected chi connectivity index (χ3v) is 4.00. The minimum Gasteiger partial charge on any atom is -0.381 e. The molecule has 1 aliphatic rings. The summed E-state index contributed by atoms with van der Waals surface area (Å²) in [6, 6.07) is 8.43. The molecule has 3 nitrogen and oxygen atoms in total. The van der Waals surface area contributed by atoms with Crippen LogP contribution in [0.5, 0.6) is 0 Å². The molecule has 3 heteroatoms. The lowest BCUT2D eigenvalue weighted by molar-refractivity contribution is 0.0534. The summed E-state index contributed by atoms with van der Waals surface area (Å²) < 4.78 is 5.47. The Kier molecular flexibility index (Phi) is 2.65. The van der Waals surface area contributed by atoms with Crippen molar-refractivity contribution < 1.29 is 4.74 Å². The first-order chi connectivity index (χ1) is 8.36. The Labute approximate surface area is 101 Å². The van der Waals surface area contributed by atoms with Crippen molar-refractivity contribution in [3.63, 3.8) is 0 Å². The summed E-state index contributed by atoms with van der Waals surface area (Å²) in [6.07, 6.45) is 4.17. The molecule has 3 rings (SSSR count). The van der Waals surface area contributed by atoms with Gasteiger partial charge >= 0.3 is 0 Å². The van der Waals surface area contributed by atoms with Crippen LogP contribution in [0.3, 0.4) is 0 Å². The monoisotopic (exact) mass is 230 g/mol. The molecule has 0 unspecified atom stereocenters. The van der Waals surface area contributed by atoms with Crippen LogP contribution in [0.25, 0.3) is 10.9 Å². The zero-order chi connectivity index (χ0) is 11.7. The average Bonchev–Trinajstić information content (AvgIpc) is 2.84. The molecule has 0 radical (unpaired) electrons. The predicted molar refractivity (Wildman–Crippen MR) is 69.1 cm³/mol. The Bertz CT molecular complexity index is 512. The van der Waals surface area contributed by atoms with E-state index < -0.39 is 0 Å². The molecule has 1 aromatic carbocycles. The van der Waals surface area contributed by atoms with Crippen molar-refractivity contribution in [2.24, 2.45) is 5.73 Å². The van der Waals surface area contributed by atoms with Crippen LogP contribution in [0.15, 0.2) is 30.5 Å². The average molecular weight is 230 g/mol. The topological polar surface area (TPSA) is 51.0 Å². The highest BCUT2D eigenvalue weighted by molar-refractivity contribution is 5.84. The minimum absolute atomic E-state index is 0.0951. The molecule has 0 amide bonds. The number of fused-ring (bicyclic) bond motifs is 1. The number of nitrogens with one attached hydrogen (secondary N) is 1. The van der Waals surface area contributed by atoms with Crippen LogP contribution < -0.4 is 5.73 Å². The molecular formula is C14H18N2O. The van der Waals surface area contributed by atoms with Gasteiger partial charge in [0.15, 0.2) is 0 Å². The number of benzene rings is 1. The van der Waals surface area contributed by atoms with Gasteiger partial charge in [-0.05, 0) is 24.5 Å². The zero-order valence-electron chi connectivity index (χ0n) is 9.91. The SMILES string of the molecule is NCC1(c2c[nH]c3ccccc23)CCOCC1. The highest BCUT2D eigenvalue weighted by atomic mass is 16.5. The van der Waals surface area contributed by atoms with E-state index in [1.807, 2.05) is 0 Å². The summed E-state index contributed by atoms with van der Waals surface area (Å²) >= 11 is 0. The summed E-state index contributed by atoms with van der Waals surface area (Å²) in [6.45, 7) is 2.33. The molecule has 1 fully saturated rings. The van der Waals surface area contributed by atoms with E-state index in [9.17, 15) is 0 Å². The summed E-state index contributed by atoms with van der Waals surface area (Å²) in [5.41, 5.74) is 8.70. The van der Waals surface area contributed by atoms with Gasteiger partial charge in [0.25, 0.3) is 0 Å². The smallest absolute Gasteiger partial charge is 0.0475 e. The molecule has 2 aromatic rings. The number of hydrogen-bond acceptors (Lipinski definition) is 2. The molecule has 0 spiro atoms. The van der Waals surface area contributed by atoms with Crippen molar-refractivity contribution in [3.05, 3.63) is 36.0 Å². The molecule has 1 aliphatic heterocycles. The second kappa shape index (κ2) is 4.17. The van der Waals surface area contributed by atoms with Crippen LogP contribution in [0.1, 0.15) is 18.4 Å². The molecule has 1 saturated heterocycles. The molecular weight excluding hydrogens is 212 g/mol. The standard InChI is InChI=1S/C14H18N2O/c15-10-14(5-7-17-8-6-14)12-9-16-13-4-2-1-3-11(12)13/h1-4,9,16H,5-8,10,15H2. The molecule has 90 valence electrons. The van der Waals surface area contributed by atoms with Gasteiger partial charge in [-0.2, -0.15) is 0 Å². The molecule has 0 bridgehead atoms. The maximum absolute atomic E-state index is 6.05. The fourth-order valence-corrected chi connectivity index (χ4v) is 2.86. The maximum Gasteiger partial charge on any atom is 0.0475 e. The Balaban J connectivity index is 2.12. The number of aromatic nitrogens is 1. The van der Waals surface area contributed by atoms with Crippen molar-refractivity contribution in [3.8, 4) is 0 Å². The van der Waals surface area contributed by atoms with E-state index in [0.717, 1.165) is 26.1 Å². The number of para-hydroxylation sites is 1. The van der Waals surface area contributed by atoms with Crippen molar-refractivity contribution in [1.82, 2.24) is 4.98 Å². The van der Waals surface area contributed by atoms with Crippen LogP contribution in [0.4, 0.5) is 0 Å². The second-order valence-electron chi connectivity index (χ2n) is 4.84. The van der Waals surface area contributed by atoms with Gasteiger partial charge in [-0.15, -0.1) is 0 Å². The minimum atomic E-state index is 0.0951.